The van der Waals surface area contributed by atoms with E-state index < -0.39 is 12.0 Å². The van der Waals surface area contributed by atoms with Crippen molar-refractivity contribution in [2.24, 2.45) is 0 Å². The van der Waals surface area contributed by atoms with E-state index in [4.69, 9.17) is 9.47 Å². The van der Waals surface area contributed by atoms with E-state index >= 15 is 0 Å². The van der Waals surface area contributed by atoms with E-state index in [0.717, 1.165) is 24.8 Å². The number of rotatable bonds is 6. The second-order valence-electron chi connectivity index (χ2n) is 5.70. The Bertz CT molecular complexity index is 445. The van der Waals surface area contributed by atoms with Crippen molar-refractivity contribution in [2.45, 2.75) is 51.5 Å². The Hall–Kier alpha value is -1.19. The largest absolute Gasteiger partial charge is 0.345 e. The molecule has 0 bridgehead atoms. The Labute approximate surface area is 127 Å². The van der Waals surface area contributed by atoms with Crippen LogP contribution in [0.15, 0.2) is 36.4 Å². The van der Waals surface area contributed by atoms with E-state index in [2.05, 4.69) is 24.3 Å². The molecule has 0 radical (unpaired) electrons. The molecule has 3 heteroatoms. The third-order valence-electron chi connectivity index (χ3n) is 3.77. The molecule has 0 unspecified atom stereocenters. The fourth-order valence-electron chi connectivity index (χ4n) is 2.58. The van der Waals surface area contributed by atoms with E-state index in [1.165, 1.54) is 5.56 Å². The summed E-state index contributed by atoms with van der Waals surface area (Å²) in [4.78, 5) is 0. The lowest BCUT2D eigenvalue weighted by atomic mass is 10.0. The van der Waals surface area contributed by atoms with Crippen molar-refractivity contribution in [1.29, 1.82) is 0 Å². The van der Waals surface area contributed by atoms with Crippen molar-refractivity contribution in [3.8, 4) is 0 Å². The number of aryl methyl sites for hydroxylation is 1. The minimum atomic E-state index is -1.32. The first-order valence-electron chi connectivity index (χ1n) is 7.79. The smallest absolute Gasteiger partial charge is 0.184 e. The maximum absolute atomic E-state index is 14.2. The zero-order valence-corrected chi connectivity index (χ0v) is 13.0. The number of hydrogen-bond acceptors (Lipinski definition) is 2. The average Bonchev–Trinajstić information content (AvgIpc) is 2.49. The predicted octanol–water partition coefficient (Wildman–Crippen LogP) is 4.75. The van der Waals surface area contributed by atoms with E-state index in [9.17, 15) is 4.39 Å². The first-order chi connectivity index (χ1) is 10.2. The maximum atomic E-state index is 14.2. The monoisotopic (exact) mass is 292 g/mol. The van der Waals surface area contributed by atoms with Gasteiger partial charge in [-0.15, -0.1) is 0 Å². The zero-order chi connectivity index (χ0) is 15.1. The van der Waals surface area contributed by atoms with Crippen LogP contribution in [-0.4, -0.2) is 18.9 Å². The summed E-state index contributed by atoms with van der Waals surface area (Å²) in [6.45, 7) is 4.24. The van der Waals surface area contributed by atoms with Crippen LogP contribution >= 0.6 is 0 Å². The number of benzene rings is 1. The van der Waals surface area contributed by atoms with Crippen molar-refractivity contribution in [2.75, 3.05) is 13.2 Å². The molecule has 116 valence electrons. The normalized spacial score (nSPS) is 26.3. The second-order valence-corrected chi connectivity index (χ2v) is 5.70. The van der Waals surface area contributed by atoms with Gasteiger partial charge in [0.25, 0.3) is 0 Å². The molecule has 0 spiro atoms. The summed E-state index contributed by atoms with van der Waals surface area (Å²) < 4.78 is 25.4. The van der Waals surface area contributed by atoms with Gasteiger partial charge in [0, 0.05) is 5.56 Å². The molecule has 0 aromatic heterocycles. The summed E-state index contributed by atoms with van der Waals surface area (Å²) in [6.07, 6.45) is 7.16. The predicted molar refractivity (Wildman–Crippen MR) is 83.0 cm³/mol. The highest BCUT2D eigenvalue weighted by Gasteiger charge is 2.36. The Morgan fingerprint density at radius 1 is 1.24 bits per heavy atom. The van der Waals surface area contributed by atoms with E-state index in [1.807, 2.05) is 26.0 Å². The molecule has 21 heavy (non-hydrogen) atoms. The second kappa shape index (κ2) is 7.71. The Kier molecular flexibility index (Phi) is 5.95. The summed E-state index contributed by atoms with van der Waals surface area (Å²) in [5.41, 5.74) is 0.930. The topological polar surface area (TPSA) is 18.5 Å². The first-order valence-corrected chi connectivity index (χ1v) is 7.79. The van der Waals surface area contributed by atoms with Crippen LogP contribution in [0.5, 0.6) is 0 Å². The fourth-order valence-corrected chi connectivity index (χ4v) is 2.58. The van der Waals surface area contributed by atoms with Crippen molar-refractivity contribution in [3.63, 3.8) is 0 Å². The lowest BCUT2D eigenvalue weighted by Gasteiger charge is -2.34. The molecule has 0 atom stereocenters. The summed E-state index contributed by atoms with van der Waals surface area (Å²) in [6, 6.07) is 8.21. The molecule has 1 aliphatic rings. The quantitative estimate of drug-likeness (QED) is 0.704. The molecule has 1 aromatic rings. The van der Waals surface area contributed by atoms with Gasteiger partial charge in [-0.1, -0.05) is 49.8 Å². The van der Waals surface area contributed by atoms with Gasteiger partial charge in [-0.25, -0.2) is 4.39 Å². The van der Waals surface area contributed by atoms with E-state index in [-0.39, 0.29) is 13.2 Å². The minimum absolute atomic E-state index is 0.120. The van der Waals surface area contributed by atoms with Crippen LogP contribution in [-0.2, 0) is 15.9 Å². The van der Waals surface area contributed by atoms with Crippen molar-refractivity contribution < 1.29 is 13.9 Å². The lowest BCUT2D eigenvalue weighted by molar-refractivity contribution is -0.238. The van der Waals surface area contributed by atoms with Crippen LogP contribution in [0.3, 0.4) is 0 Å². The highest BCUT2D eigenvalue weighted by Crippen LogP contribution is 2.31. The van der Waals surface area contributed by atoms with Gasteiger partial charge in [0.1, 0.15) is 0 Å². The fraction of sp³-hybridized carbons (Fsp3) is 0.556. The number of alkyl halides is 1. The molecule has 2 nitrogen and oxygen atoms in total. The van der Waals surface area contributed by atoms with Gasteiger partial charge in [-0.2, -0.15) is 0 Å². The van der Waals surface area contributed by atoms with Crippen LogP contribution in [0.2, 0.25) is 0 Å². The zero-order valence-electron chi connectivity index (χ0n) is 13.0. The third kappa shape index (κ3) is 4.65. The van der Waals surface area contributed by atoms with Gasteiger partial charge in [0.15, 0.2) is 12.0 Å². The van der Waals surface area contributed by atoms with Crippen LogP contribution in [0.1, 0.15) is 50.5 Å². The maximum Gasteiger partial charge on any atom is 0.184 e. The van der Waals surface area contributed by atoms with Crippen molar-refractivity contribution in [1.82, 2.24) is 0 Å². The molecule has 0 N–H and O–H groups in total. The summed E-state index contributed by atoms with van der Waals surface area (Å²) in [5, 5.41) is 0. The third-order valence-corrected chi connectivity index (χ3v) is 3.77. The van der Waals surface area contributed by atoms with E-state index in [1.54, 1.807) is 0 Å². The highest BCUT2D eigenvalue weighted by atomic mass is 19.1. The Morgan fingerprint density at radius 2 is 1.90 bits per heavy atom. The van der Waals surface area contributed by atoms with Gasteiger partial charge < -0.3 is 9.47 Å². The molecule has 0 aliphatic carbocycles. The lowest BCUT2D eigenvalue weighted by Crippen LogP contribution is -2.41. The van der Waals surface area contributed by atoms with Crippen LogP contribution in [0.25, 0.3) is 0 Å². The molecule has 1 heterocycles. The van der Waals surface area contributed by atoms with Gasteiger partial charge in [0.2, 0.25) is 0 Å². The minimum Gasteiger partial charge on any atom is -0.345 e. The number of hydrogen-bond donors (Lipinski definition) is 0. The van der Waals surface area contributed by atoms with Crippen LogP contribution < -0.4 is 0 Å². The molecule has 0 saturated carbocycles. The Morgan fingerprint density at radius 3 is 2.48 bits per heavy atom. The molecular weight excluding hydrogens is 267 g/mol. The molecule has 1 saturated heterocycles. The summed E-state index contributed by atoms with van der Waals surface area (Å²) in [7, 11) is 0. The molecule has 1 fully saturated rings. The van der Waals surface area contributed by atoms with Gasteiger partial charge in [-0.3, -0.25) is 0 Å². The first kappa shape index (κ1) is 16.2. The van der Waals surface area contributed by atoms with Crippen LogP contribution in [0, 0.1) is 0 Å². The van der Waals surface area contributed by atoms with E-state index in [0.29, 0.717) is 6.42 Å². The number of allylic oxidation sites excluding steroid dienone is 2. The van der Waals surface area contributed by atoms with Gasteiger partial charge >= 0.3 is 0 Å². The number of halogens is 1. The van der Waals surface area contributed by atoms with Gasteiger partial charge in [0.05, 0.1) is 13.2 Å². The molecule has 2 rings (SSSR count). The average molecular weight is 292 g/mol. The van der Waals surface area contributed by atoms with Gasteiger partial charge in [-0.05, 0) is 31.7 Å². The van der Waals surface area contributed by atoms with Crippen LogP contribution in [0.4, 0.5) is 4.39 Å². The molecule has 1 aromatic carbocycles. The standard InChI is InChI=1S/C18H25FO2/c1-3-5-6-7-15-8-10-16(11-9-15)17-20-13-18(19,12-4-2)14-21-17/h3,5,8-11,17H,4,6-7,12-14H2,1-2H3/b5-3+. The molecule has 1 aliphatic heterocycles. The molecule has 0 amide bonds. The summed E-state index contributed by atoms with van der Waals surface area (Å²) in [5.74, 6) is 0. The highest BCUT2D eigenvalue weighted by molar-refractivity contribution is 5.24. The SMILES string of the molecule is C/C=C/CCc1ccc(C2OCC(F)(CCC)CO2)cc1. The van der Waals surface area contributed by atoms with Crippen molar-refractivity contribution >= 4 is 0 Å². The molecular formula is C18H25FO2. The summed E-state index contributed by atoms with van der Waals surface area (Å²) >= 11 is 0. The number of ether oxygens (including phenoxy) is 2. The Balaban J connectivity index is 1.88. The van der Waals surface area contributed by atoms with Crippen molar-refractivity contribution in [3.05, 3.63) is 47.5 Å².